The Morgan fingerprint density at radius 2 is 1.47 bits per heavy atom. The van der Waals surface area contributed by atoms with Gasteiger partial charge in [-0.25, -0.2) is 4.98 Å². The lowest BCUT2D eigenvalue weighted by Gasteiger charge is -2.25. The summed E-state index contributed by atoms with van der Waals surface area (Å²) in [5, 5.41) is 11.6. The van der Waals surface area contributed by atoms with Crippen molar-refractivity contribution in [3.63, 3.8) is 0 Å². The van der Waals surface area contributed by atoms with Crippen LogP contribution in [0, 0.1) is 17.0 Å². The van der Waals surface area contributed by atoms with Gasteiger partial charge in [0.25, 0.3) is 5.69 Å². The minimum atomic E-state index is -0.395. The highest BCUT2D eigenvalue weighted by Gasteiger charge is 2.23. The van der Waals surface area contributed by atoms with Gasteiger partial charge < -0.3 is 14.4 Å². The molecule has 0 bridgehead atoms. The normalized spacial score (nSPS) is 10.5. The lowest BCUT2D eigenvalue weighted by Crippen LogP contribution is -2.24. The third-order valence-corrected chi connectivity index (χ3v) is 5.15. The summed E-state index contributed by atoms with van der Waals surface area (Å²) < 4.78 is 10.5. The standard InChI is InChI=1S/C25H27N3O4/c1-17(2)24-25(28(29)30)18(3)14-23(26-24)27(15-19-6-10-21(31-4)11-7-19)16-20-8-12-22(32-5)13-9-20/h6-14H,1,15-16H2,2-5H3. The fraction of sp³-hybridized carbons (Fsp3) is 0.240. The van der Waals surface area contributed by atoms with E-state index in [1.54, 1.807) is 34.1 Å². The van der Waals surface area contributed by atoms with Gasteiger partial charge in [-0.2, -0.15) is 0 Å². The summed E-state index contributed by atoms with van der Waals surface area (Å²) in [5.74, 6) is 2.21. The number of hydrogen-bond acceptors (Lipinski definition) is 6. The summed E-state index contributed by atoms with van der Waals surface area (Å²) >= 11 is 0. The summed E-state index contributed by atoms with van der Waals surface area (Å²) in [6.45, 7) is 8.50. The van der Waals surface area contributed by atoms with Gasteiger partial charge in [-0.3, -0.25) is 10.1 Å². The first kappa shape index (κ1) is 22.8. The number of benzene rings is 2. The minimum absolute atomic E-state index is 0.00454. The Morgan fingerprint density at radius 1 is 1.00 bits per heavy atom. The molecule has 0 unspecified atom stereocenters. The molecule has 32 heavy (non-hydrogen) atoms. The lowest BCUT2D eigenvalue weighted by atomic mass is 10.1. The van der Waals surface area contributed by atoms with E-state index >= 15 is 0 Å². The zero-order valence-corrected chi connectivity index (χ0v) is 18.8. The Morgan fingerprint density at radius 3 is 1.84 bits per heavy atom. The van der Waals surface area contributed by atoms with Crippen LogP contribution in [0.25, 0.3) is 5.57 Å². The van der Waals surface area contributed by atoms with Crippen molar-refractivity contribution < 1.29 is 14.4 Å². The van der Waals surface area contributed by atoms with Gasteiger partial charge in [0.2, 0.25) is 0 Å². The molecular formula is C25H27N3O4. The number of aryl methyl sites for hydroxylation is 1. The number of aromatic nitrogens is 1. The Bertz CT molecular complexity index is 1060. The fourth-order valence-electron chi connectivity index (χ4n) is 3.46. The summed E-state index contributed by atoms with van der Waals surface area (Å²) in [6, 6.07) is 17.4. The van der Waals surface area contributed by atoms with Crippen molar-refractivity contribution >= 4 is 17.1 Å². The molecule has 0 saturated heterocycles. The number of allylic oxidation sites excluding steroid dienone is 1. The van der Waals surface area contributed by atoms with Crippen LogP contribution in [0.4, 0.5) is 11.5 Å². The van der Waals surface area contributed by atoms with Crippen LogP contribution in [-0.4, -0.2) is 24.1 Å². The summed E-state index contributed by atoms with van der Waals surface area (Å²) in [6.07, 6.45) is 0. The van der Waals surface area contributed by atoms with Crippen LogP contribution in [0.2, 0.25) is 0 Å². The molecule has 1 aromatic heterocycles. The van der Waals surface area contributed by atoms with Crippen molar-refractivity contribution in [2.45, 2.75) is 26.9 Å². The van der Waals surface area contributed by atoms with Gasteiger partial charge in [-0.05, 0) is 60.9 Å². The lowest BCUT2D eigenvalue weighted by molar-refractivity contribution is -0.386. The molecule has 3 rings (SSSR count). The molecule has 0 saturated carbocycles. The van der Waals surface area contributed by atoms with Crippen molar-refractivity contribution in [3.05, 3.63) is 93.7 Å². The Labute approximate surface area is 188 Å². The van der Waals surface area contributed by atoms with Gasteiger partial charge >= 0.3 is 0 Å². The van der Waals surface area contributed by atoms with Gasteiger partial charge in [-0.15, -0.1) is 0 Å². The highest BCUT2D eigenvalue weighted by Crippen LogP contribution is 2.31. The van der Waals surface area contributed by atoms with Crippen LogP contribution in [0.5, 0.6) is 11.5 Å². The highest BCUT2D eigenvalue weighted by atomic mass is 16.6. The zero-order chi connectivity index (χ0) is 23.3. The van der Waals surface area contributed by atoms with Crippen molar-refractivity contribution in [2.75, 3.05) is 19.1 Å². The number of methoxy groups -OCH3 is 2. The number of nitro groups is 1. The van der Waals surface area contributed by atoms with Crippen LogP contribution in [-0.2, 0) is 13.1 Å². The minimum Gasteiger partial charge on any atom is -0.497 e. The predicted octanol–water partition coefficient (Wildman–Crippen LogP) is 5.56. The molecular weight excluding hydrogens is 406 g/mol. The summed E-state index contributed by atoms with van der Waals surface area (Å²) in [5.41, 5.74) is 3.53. The predicted molar refractivity (Wildman–Crippen MR) is 126 cm³/mol. The van der Waals surface area contributed by atoms with Crippen LogP contribution in [0.3, 0.4) is 0 Å². The Balaban J connectivity index is 2.03. The molecule has 1 heterocycles. The van der Waals surface area contributed by atoms with E-state index in [9.17, 15) is 10.1 Å². The fourth-order valence-corrected chi connectivity index (χ4v) is 3.46. The molecule has 7 nitrogen and oxygen atoms in total. The monoisotopic (exact) mass is 433 g/mol. The Kier molecular flexibility index (Phi) is 7.10. The van der Waals surface area contributed by atoms with Crippen molar-refractivity contribution in [3.8, 4) is 11.5 Å². The number of hydrogen-bond donors (Lipinski definition) is 0. The van der Waals surface area contributed by atoms with E-state index in [-0.39, 0.29) is 5.69 Å². The van der Waals surface area contributed by atoms with Crippen molar-refractivity contribution in [1.29, 1.82) is 0 Å². The van der Waals surface area contributed by atoms with Crippen LogP contribution >= 0.6 is 0 Å². The first-order chi connectivity index (χ1) is 15.3. The molecule has 0 amide bonds. The molecule has 0 radical (unpaired) electrons. The number of ether oxygens (including phenoxy) is 2. The van der Waals surface area contributed by atoms with Crippen molar-refractivity contribution in [2.24, 2.45) is 0 Å². The first-order valence-corrected chi connectivity index (χ1v) is 10.1. The van der Waals surface area contributed by atoms with Gasteiger partial charge in [-0.1, -0.05) is 30.8 Å². The maximum absolute atomic E-state index is 11.6. The highest BCUT2D eigenvalue weighted by molar-refractivity contribution is 5.71. The van der Waals surface area contributed by atoms with Crippen LogP contribution < -0.4 is 14.4 Å². The van der Waals surface area contributed by atoms with Crippen LogP contribution in [0.1, 0.15) is 29.3 Å². The number of nitrogens with zero attached hydrogens (tertiary/aromatic N) is 3. The van der Waals surface area contributed by atoms with E-state index in [0.29, 0.717) is 35.7 Å². The second-order valence-corrected chi connectivity index (χ2v) is 7.58. The Hall–Kier alpha value is -3.87. The number of rotatable bonds is 9. The van der Waals surface area contributed by atoms with E-state index in [2.05, 4.69) is 16.5 Å². The van der Waals surface area contributed by atoms with Crippen LogP contribution in [0.15, 0.2) is 61.2 Å². The molecule has 2 aromatic carbocycles. The molecule has 3 aromatic rings. The molecule has 166 valence electrons. The van der Waals surface area contributed by atoms with E-state index in [1.165, 1.54) is 0 Å². The maximum Gasteiger partial charge on any atom is 0.298 e. The van der Waals surface area contributed by atoms with E-state index in [0.717, 1.165) is 22.6 Å². The zero-order valence-electron chi connectivity index (χ0n) is 18.8. The number of anilines is 1. The molecule has 7 heteroatoms. The average Bonchev–Trinajstić information content (AvgIpc) is 2.78. The molecule has 0 aliphatic heterocycles. The second-order valence-electron chi connectivity index (χ2n) is 7.58. The first-order valence-electron chi connectivity index (χ1n) is 10.1. The molecule has 0 spiro atoms. The molecule has 0 fully saturated rings. The number of pyridine rings is 1. The van der Waals surface area contributed by atoms with E-state index < -0.39 is 4.92 Å². The quantitative estimate of drug-likeness (QED) is 0.325. The molecule has 0 aliphatic carbocycles. The topological polar surface area (TPSA) is 77.7 Å². The van der Waals surface area contributed by atoms with Crippen molar-refractivity contribution in [1.82, 2.24) is 4.98 Å². The average molecular weight is 434 g/mol. The van der Waals surface area contributed by atoms with E-state index in [4.69, 9.17) is 9.47 Å². The summed E-state index contributed by atoms with van der Waals surface area (Å²) in [7, 11) is 3.27. The third-order valence-electron chi connectivity index (χ3n) is 5.15. The largest absolute Gasteiger partial charge is 0.497 e. The molecule has 0 atom stereocenters. The smallest absolute Gasteiger partial charge is 0.298 e. The second kappa shape index (κ2) is 9.96. The molecule has 0 aliphatic rings. The van der Waals surface area contributed by atoms with E-state index in [1.807, 2.05) is 48.5 Å². The molecule has 0 N–H and O–H groups in total. The SMILES string of the molecule is C=C(C)c1nc(N(Cc2ccc(OC)cc2)Cc2ccc(OC)cc2)cc(C)c1[N+](=O)[O-]. The van der Waals surface area contributed by atoms with Gasteiger partial charge in [0, 0.05) is 18.7 Å². The maximum atomic E-state index is 11.6. The van der Waals surface area contributed by atoms with Gasteiger partial charge in [0.15, 0.2) is 0 Å². The summed E-state index contributed by atoms with van der Waals surface area (Å²) in [4.78, 5) is 18.0. The van der Waals surface area contributed by atoms with Gasteiger partial charge in [0.1, 0.15) is 23.0 Å². The third kappa shape index (κ3) is 5.24. The van der Waals surface area contributed by atoms with Gasteiger partial charge in [0.05, 0.1) is 19.1 Å².